The van der Waals surface area contributed by atoms with Crippen LogP contribution in [0.1, 0.15) is 27.7 Å². The first-order valence-electron chi connectivity index (χ1n) is 5.35. The molecular weight excluding hydrogens is 260 g/mol. The molecule has 0 aromatic heterocycles. The zero-order valence-electron chi connectivity index (χ0n) is 11.1. The van der Waals surface area contributed by atoms with Crippen molar-refractivity contribution in [2.24, 2.45) is 5.41 Å². The van der Waals surface area contributed by atoms with E-state index < -0.39 is 39.4 Å². The molecule has 0 spiro atoms. The lowest BCUT2D eigenvalue weighted by Gasteiger charge is -2.30. The standard InChI is InChI=1S/C10H20N2O5S/c1-6(9(14)15)11-8(13)7(10(2,3)4)12-18(5,16)17/h6-7,12H,1-5H3,(H,11,13)(H,14,15)/t6-,7?/m1/s1. The molecule has 8 heteroatoms. The van der Waals surface area contributed by atoms with Gasteiger partial charge in [0, 0.05) is 0 Å². The van der Waals surface area contributed by atoms with Crippen LogP contribution in [0.4, 0.5) is 0 Å². The molecule has 0 aliphatic rings. The Bertz CT molecular complexity index is 424. The van der Waals surface area contributed by atoms with Crippen LogP contribution in [-0.2, 0) is 19.6 Å². The minimum absolute atomic E-state index is 0.664. The second kappa shape index (κ2) is 5.66. The molecule has 1 unspecified atom stereocenters. The lowest BCUT2D eigenvalue weighted by atomic mass is 9.87. The van der Waals surface area contributed by atoms with Gasteiger partial charge in [0.1, 0.15) is 12.1 Å². The van der Waals surface area contributed by atoms with Crippen LogP contribution >= 0.6 is 0 Å². The van der Waals surface area contributed by atoms with Gasteiger partial charge in [-0.25, -0.2) is 13.1 Å². The summed E-state index contributed by atoms with van der Waals surface area (Å²) in [7, 11) is -3.57. The summed E-state index contributed by atoms with van der Waals surface area (Å²) in [5, 5.41) is 10.9. The van der Waals surface area contributed by atoms with Crippen molar-refractivity contribution in [3.8, 4) is 0 Å². The average molecular weight is 280 g/mol. The van der Waals surface area contributed by atoms with Crippen LogP contribution in [0.25, 0.3) is 0 Å². The van der Waals surface area contributed by atoms with Crippen molar-refractivity contribution < 1.29 is 23.1 Å². The molecule has 0 aromatic rings. The highest BCUT2D eigenvalue weighted by atomic mass is 32.2. The Morgan fingerprint density at radius 1 is 1.22 bits per heavy atom. The Labute approximate surface area is 107 Å². The zero-order valence-corrected chi connectivity index (χ0v) is 12.0. The van der Waals surface area contributed by atoms with Gasteiger partial charge in [0.2, 0.25) is 15.9 Å². The summed E-state index contributed by atoms with van der Waals surface area (Å²) in [4.78, 5) is 22.5. The molecule has 3 N–H and O–H groups in total. The lowest BCUT2D eigenvalue weighted by Crippen LogP contribution is -2.55. The number of aliphatic carboxylic acids is 1. The third-order valence-corrected chi connectivity index (χ3v) is 2.85. The second-order valence-electron chi connectivity index (χ2n) is 5.26. The average Bonchev–Trinajstić information content (AvgIpc) is 2.10. The Morgan fingerprint density at radius 3 is 1.94 bits per heavy atom. The van der Waals surface area contributed by atoms with Gasteiger partial charge in [0.25, 0.3) is 0 Å². The molecule has 0 rings (SSSR count). The van der Waals surface area contributed by atoms with Gasteiger partial charge in [-0.3, -0.25) is 9.59 Å². The number of hydrogen-bond donors (Lipinski definition) is 3. The minimum atomic E-state index is -3.57. The van der Waals surface area contributed by atoms with E-state index in [-0.39, 0.29) is 0 Å². The maximum absolute atomic E-state index is 11.9. The van der Waals surface area contributed by atoms with Gasteiger partial charge in [0.05, 0.1) is 6.26 Å². The summed E-state index contributed by atoms with van der Waals surface area (Å²) in [5.74, 6) is -1.85. The van der Waals surface area contributed by atoms with Gasteiger partial charge >= 0.3 is 5.97 Å². The number of carboxylic acid groups (broad SMARTS) is 1. The quantitative estimate of drug-likeness (QED) is 0.631. The Kier molecular flexibility index (Phi) is 5.30. The Balaban J connectivity index is 5.00. The summed E-state index contributed by atoms with van der Waals surface area (Å²) < 4.78 is 24.6. The number of rotatable bonds is 5. The summed E-state index contributed by atoms with van der Waals surface area (Å²) in [5.41, 5.74) is -0.675. The fourth-order valence-electron chi connectivity index (χ4n) is 1.20. The minimum Gasteiger partial charge on any atom is -0.480 e. The topological polar surface area (TPSA) is 113 Å². The molecule has 2 atom stereocenters. The van der Waals surface area contributed by atoms with Gasteiger partial charge in [-0.15, -0.1) is 0 Å². The number of sulfonamides is 1. The first-order valence-corrected chi connectivity index (χ1v) is 7.24. The van der Waals surface area contributed by atoms with Crippen LogP contribution in [0.2, 0.25) is 0 Å². The van der Waals surface area contributed by atoms with E-state index >= 15 is 0 Å². The van der Waals surface area contributed by atoms with Crippen molar-refractivity contribution in [1.29, 1.82) is 0 Å². The first kappa shape index (κ1) is 16.9. The fourth-order valence-corrected chi connectivity index (χ4v) is 2.08. The van der Waals surface area contributed by atoms with Crippen LogP contribution in [0, 0.1) is 5.41 Å². The summed E-state index contributed by atoms with van der Waals surface area (Å²) in [6, 6.07) is -2.11. The fraction of sp³-hybridized carbons (Fsp3) is 0.800. The van der Waals surface area contributed by atoms with Crippen molar-refractivity contribution in [3.63, 3.8) is 0 Å². The maximum Gasteiger partial charge on any atom is 0.325 e. The highest BCUT2D eigenvalue weighted by Gasteiger charge is 2.34. The van der Waals surface area contributed by atoms with E-state index in [1.807, 2.05) is 0 Å². The third-order valence-electron chi connectivity index (χ3n) is 2.19. The molecule has 0 fully saturated rings. The Morgan fingerprint density at radius 2 is 1.67 bits per heavy atom. The molecular formula is C10H20N2O5S. The third kappa shape index (κ3) is 5.97. The molecule has 0 bridgehead atoms. The van der Waals surface area contributed by atoms with Gasteiger partial charge < -0.3 is 10.4 Å². The SMILES string of the molecule is C[C@@H](NC(=O)C(NS(C)(=O)=O)C(C)(C)C)C(=O)O. The molecule has 0 aliphatic carbocycles. The molecule has 0 saturated carbocycles. The van der Waals surface area contributed by atoms with E-state index in [1.165, 1.54) is 6.92 Å². The number of carboxylic acids is 1. The monoisotopic (exact) mass is 280 g/mol. The van der Waals surface area contributed by atoms with Gasteiger partial charge in [-0.1, -0.05) is 20.8 Å². The second-order valence-corrected chi connectivity index (χ2v) is 7.04. The highest BCUT2D eigenvalue weighted by molar-refractivity contribution is 7.88. The molecule has 0 saturated heterocycles. The van der Waals surface area contributed by atoms with E-state index in [0.29, 0.717) is 0 Å². The Hall–Kier alpha value is -1.15. The van der Waals surface area contributed by atoms with E-state index in [1.54, 1.807) is 20.8 Å². The molecule has 0 aliphatic heterocycles. The molecule has 1 amide bonds. The molecule has 7 nitrogen and oxygen atoms in total. The van der Waals surface area contributed by atoms with Crippen molar-refractivity contribution in [2.45, 2.75) is 39.8 Å². The van der Waals surface area contributed by atoms with Crippen molar-refractivity contribution in [2.75, 3.05) is 6.26 Å². The zero-order chi connectivity index (χ0) is 14.7. The molecule has 0 aromatic carbocycles. The first-order chi connectivity index (χ1) is 7.84. The van der Waals surface area contributed by atoms with Crippen molar-refractivity contribution in [1.82, 2.24) is 10.0 Å². The lowest BCUT2D eigenvalue weighted by molar-refractivity contribution is -0.141. The number of hydrogen-bond acceptors (Lipinski definition) is 4. The van der Waals surface area contributed by atoms with Gasteiger partial charge in [-0.05, 0) is 12.3 Å². The van der Waals surface area contributed by atoms with Gasteiger partial charge in [0.15, 0.2) is 0 Å². The van der Waals surface area contributed by atoms with Crippen LogP contribution in [0.3, 0.4) is 0 Å². The van der Waals surface area contributed by atoms with Crippen LogP contribution in [0.5, 0.6) is 0 Å². The molecule has 18 heavy (non-hydrogen) atoms. The smallest absolute Gasteiger partial charge is 0.325 e. The highest BCUT2D eigenvalue weighted by Crippen LogP contribution is 2.20. The van der Waals surface area contributed by atoms with Crippen molar-refractivity contribution >= 4 is 21.9 Å². The molecule has 0 heterocycles. The number of carbonyl (C=O) groups excluding carboxylic acids is 1. The summed E-state index contributed by atoms with van der Waals surface area (Å²) in [6.45, 7) is 6.35. The largest absolute Gasteiger partial charge is 0.480 e. The van der Waals surface area contributed by atoms with E-state index in [9.17, 15) is 18.0 Å². The van der Waals surface area contributed by atoms with E-state index in [2.05, 4.69) is 10.0 Å². The summed E-state index contributed by atoms with van der Waals surface area (Å²) >= 11 is 0. The number of carbonyl (C=O) groups is 2. The normalized spacial score (nSPS) is 15.8. The number of amides is 1. The van der Waals surface area contributed by atoms with E-state index in [0.717, 1.165) is 6.26 Å². The maximum atomic E-state index is 11.9. The predicted molar refractivity (Wildman–Crippen MR) is 66.5 cm³/mol. The van der Waals surface area contributed by atoms with Crippen LogP contribution in [0.15, 0.2) is 0 Å². The van der Waals surface area contributed by atoms with Gasteiger partial charge in [-0.2, -0.15) is 0 Å². The molecule has 0 radical (unpaired) electrons. The number of nitrogens with one attached hydrogen (secondary N) is 2. The summed E-state index contributed by atoms with van der Waals surface area (Å²) in [6.07, 6.45) is 0.944. The van der Waals surface area contributed by atoms with Crippen LogP contribution < -0.4 is 10.0 Å². The predicted octanol–water partition coefficient (Wildman–Crippen LogP) is -0.460. The molecule has 106 valence electrons. The van der Waals surface area contributed by atoms with Crippen molar-refractivity contribution in [3.05, 3.63) is 0 Å². The van der Waals surface area contributed by atoms with Crippen LogP contribution in [-0.4, -0.2) is 43.7 Å². The van der Waals surface area contributed by atoms with E-state index in [4.69, 9.17) is 5.11 Å².